The maximum atomic E-state index is 12.8. The third kappa shape index (κ3) is 4.02. The Kier molecular flexibility index (Phi) is 5.21. The first-order valence-electron chi connectivity index (χ1n) is 9.12. The molecule has 0 bridgehead atoms. The van der Waals surface area contributed by atoms with E-state index in [-0.39, 0.29) is 5.56 Å². The van der Waals surface area contributed by atoms with Gasteiger partial charge in [-0.05, 0) is 12.1 Å². The summed E-state index contributed by atoms with van der Waals surface area (Å²) in [5.74, 6) is -1.06. The Labute approximate surface area is 172 Å². The molecule has 0 radical (unpaired) electrons. The normalized spacial score (nSPS) is 10.4. The number of hydrogen-bond donors (Lipinski definition) is 2. The van der Waals surface area contributed by atoms with Gasteiger partial charge in [-0.2, -0.15) is 9.83 Å². The van der Waals surface area contributed by atoms with Crippen LogP contribution in [0, 0.1) is 5.21 Å². The average molecular weight is 399 g/mol. The zero-order valence-corrected chi connectivity index (χ0v) is 15.7. The van der Waals surface area contributed by atoms with E-state index in [1.54, 1.807) is 10.9 Å². The van der Waals surface area contributed by atoms with Crippen molar-refractivity contribution in [2.45, 2.75) is 0 Å². The summed E-state index contributed by atoms with van der Waals surface area (Å²) in [7, 11) is 0. The number of para-hydroxylation sites is 1. The number of carbonyl (C=O) groups is 2. The molecule has 0 spiro atoms. The lowest BCUT2D eigenvalue weighted by atomic mass is 10.1. The third-order valence-corrected chi connectivity index (χ3v) is 4.38. The van der Waals surface area contributed by atoms with E-state index in [2.05, 4.69) is 16.0 Å². The standard InChI is InChI=1S/C22H17N5O3/c28-21(17-11-13-26(30)14-12-17)23-24-22(29)19-15-27(18-9-5-2-6-10-18)25-20(19)16-7-3-1-4-8-16/h1-15H,(H,23,28)(H,24,29). The average Bonchev–Trinajstić information content (AvgIpc) is 3.25. The Morgan fingerprint density at radius 3 is 2.10 bits per heavy atom. The van der Waals surface area contributed by atoms with Crippen molar-refractivity contribution in [1.29, 1.82) is 0 Å². The van der Waals surface area contributed by atoms with Gasteiger partial charge in [-0.15, -0.1) is 0 Å². The van der Waals surface area contributed by atoms with Crippen LogP contribution in [0.15, 0.2) is 91.4 Å². The van der Waals surface area contributed by atoms with Crippen LogP contribution in [0.25, 0.3) is 16.9 Å². The summed E-state index contributed by atoms with van der Waals surface area (Å²) in [6.45, 7) is 0. The lowest BCUT2D eigenvalue weighted by molar-refractivity contribution is -0.605. The van der Waals surface area contributed by atoms with Gasteiger partial charge in [0.1, 0.15) is 5.69 Å². The van der Waals surface area contributed by atoms with E-state index in [0.29, 0.717) is 16.0 Å². The highest BCUT2D eigenvalue weighted by Gasteiger charge is 2.19. The summed E-state index contributed by atoms with van der Waals surface area (Å²) in [4.78, 5) is 25.1. The summed E-state index contributed by atoms with van der Waals surface area (Å²) < 4.78 is 2.18. The number of hydrazine groups is 1. The molecule has 2 amide bonds. The van der Waals surface area contributed by atoms with Crippen molar-refractivity contribution in [3.8, 4) is 16.9 Å². The molecule has 8 nitrogen and oxygen atoms in total. The molecule has 0 aliphatic rings. The predicted octanol–water partition coefficient (Wildman–Crippen LogP) is 2.25. The number of nitrogens with one attached hydrogen (secondary N) is 2. The van der Waals surface area contributed by atoms with Crippen LogP contribution in [-0.4, -0.2) is 21.6 Å². The van der Waals surface area contributed by atoms with Crippen molar-refractivity contribution < 1.29 is 14.3 Å². The fourth-order valence-corrected chi connectivity index (χ4v) is 2.88. The minimum atomic E-state index is -0.541. The molecule has 0 unspecified atom stereocenters. The monoisotopic (exact) mass is 399 g/mol. The highest BCUT2D eigenvalue weighted by Crippen LogP contribution is 2.23. The summed E-state index contributed by atoms with van der Waals surface area (Å²) >= 11 is 0. The lowest BCUT2D eigenvalue weighted by Crippen LogP contribution is -2.42. The van der Waals surface area contributed by atoms with E-state index >= 15 is 0 Å². The summed E-state index contributed by atoms with van der Waals surface area (Å²) in [5, 5.41) is 15.7. The molecule has 0 atom stereocenters. The number of benzene rings is 2. The van der Waals surface area contributed by atoms with Crippen molar-refractivity contribution in [3.63, 3.8) is 0 Å². The Balaban J connectivity index is 1.60. The van der Waals surface area contributed by atoms with Crippen molar-refractivity contribution in [3.05, 3.63) is 108 Å². The van der Waals surface area contributed by atoms with Crippen LogP contribution in [0.5, 0.6) is 0 Å². The lowest BCUT2D eigenvalue weighted by Gasteiger charge is -2.07. The molecular weight excluding hydrogens is 382 g/mol. The van der Waals surface area contributed by atoms with Crippen molar-refractivity contribution in [2.75, 3.05) is 0 Å². The summed E-state index contributed by atoms with van der Waals surface area (Å²) in [5.41, 5.74) is 7.36. The van der Waals surface area contributed by atoms with Gasteiger partial charge in [0.05, 0.1) is 16.8 Å². The smallest absolute Gasteiger partial charge is 0.273 e. The first-order valence-corrected chi connectivity index (χ1v) is 9.12. The minimum Gasteiger partial charge on any atom is -0.619 e. The molecule has 2 N–H and O–H groups in total. The number of carbonyl (C=O) groups excluding carboxylic acids is 2. The maximum absolute atomic E-state index is 12.8. The van der Waals surface area contributed by atoms with Crippen LogP contribution in [0.3, 0.4) is 0 Å². The summed E-state index contributed by atoms with van der Waals surface area (Å²) in [6, 6.07) is 21.4. The molecule has 2 aromatic carbocycles. The van der Waals surface area contributed by atoms with E-state index in [9.17, 15) is 14.8 Å². The molecule has 0 saturated carbocycles. The Bertz CT molecular complexity index is 1170. The highest BCUT2D eigenvalue weighted by atomic mass is 16.5. The Morgan fingerprint density at radius 1 is 0.833 bits per heavy atom. The fraction of sp³-hybridized carbons (Fsp3) is 0. The molecule has 8 heteroatoms. The zero-order valence-electron chi connectivity index (χ0n) is 15.7. The predicted molar refractivity (Wildman–Crippen MR) is 109 cm³/mol. The number of hydrogen-bond acceptors (Lipinski definition) is 4. The van der Waals surface area contributed by atoms with Gasteiger partial charge in [-0.3, -0.25) is 20.4 Å². The van der Waals surface area contributed by atoms with Crippen LogP contribution in [0.4, 0.5) is 0 Å². The first-order chi connectivity index (χ1) is 14.6. The summed E-state index contributed by atoms with van der Waals surface area (Å²) in [6.07, 6.45) is 4.02. The van der Waals surface area contributed by atoms with Crippen LogP contribution < -0.4 is 15.6 Å². The second-order valence-corrected chi connectivity index (χ2v) is 6.39. The molecule has 0 aliphatic carbocycles. The molecule has 30 heavy (non-hydrogen) atoms. The molecule has 2 heterocycles. The first kappa shape index (κ1) is 18.9. The van der Waals surface area contributed by atoms with Crippen molar-refractivity contribution in [2.24, 2.45) is 0 Å². The fourth-order valence-electron chi connectivity index (χ4n) is 2.88. The van der Waals surface area contributed by atoms with E-state index in [4.69, 9.17) is 0 Å². The van der Waals surface area contributed by atoms with Gasteiger partial charge in [-0.1, -0.05) is 48.5 Å². The van der Waals surface area contributed by atoms with Crippen LogP contribution in [0.1, 0.15) is 20.7 Å². The molecule has 4 aromatic rings. The molecule has 0 fully saturated rings. The second kappa shape index (κ2) is 8.27. The molecule has 4 rings (SSSR count). The second-order valence-electron chi connectivity index (χ2n) is 6.39. The van der Waals surface area contributed by atoms with Crippen LogP contribution in [-0.2, 0) is 0 Å². The van der Waals surface area contributed by atoms with Crippen LogP contribution in [0.2, 0.25) is 0 Å². The topological polar surface area (TPSA) is 103 Å². The Morgan fingerprint density at radius 2 is 1.43 bits per heavy atom. The number of pyridine rings is 1. The largest absolute Gasteiger partial charge is 0.619 e. The molecule has 148 valence electrons. The third-order valence-electron chi connectivity index (χ3n) is 4.38. The van der Waals surface area contributed by atoms with Gasteiger partial charge in [-0.25, -0.2) is 4.68 Å². The SMILES string of the molecule is O=C(NNC(=O)c1cn(-c2ccccc2)nc1-c1ccccc1)c1cc[n+]([O-])cc1. The molecule has 0 saturated heterocycles. The van der Waals surface area contributed by atoms with Gasteiger partial charge in [0.2, 0.25) is 0 Å². The number of amides is 2. The van der Waals surface area contributed by atoms with Crippen molar-refractivity contribution >= 4 is 11.8 Å². The van der Waals surface area contributed by atoms with Gasteiger partial charge in [0.15, 0.2) is 12.4 Å². The van der Waals surface area contributed by atoms with E-state index in [1.165, 1.54) is 24.5 Å². The van der Waals surface area contributed by atoms with Crippen molar-refractivity contribution in [1.82, 2.24) is 20.6 Å². The maximum Gasteiger partial charge on any atom is 0.273 e. The molecule has 2 aromatic heterocycles. The van der Waals surface area contributed by atoms with Gasteiger partial charge in [0.25, 0.3) is 11.8 Å². The minimum absolute atomic E-state index is 0.241. The highest BCUT2D eigenvalue weighted by molar-refractivity contribution is 6.02. The van der Waals surface area contributed by atoms with Gasteiger partial charge in [0, 0.05) is 23.9 Å². The molecular formula is C22H17N5O3. The van der Waals surface area contributed by atoms with E-state index in [0.717, 1.165) is 11.3 Å². The Hall–Kier alpha value is -4.46. The van der Waals surface area contributed by atoms with Crippen LogP contribution >= 0.6 is 0 Å². The number of aromatic nitrogens is 3. The quantitative estimate of drug-likeness (QED) is 0.312. The van der Waals surface area contributed by atoms with Gasteiger partial charge >= 0.3 is 0 Å². The van der Waals surface area contributed by atoms with E-state index in [1.807, 2.05) is 60.7 Å². The van der Waals surface area contributed by atoms with Gasteiger partial charge < -0.3 is 5.21 Å². The number of rotatable bonds is 4. The van der Waals surface area contributed by atoms with E-state index < -0.39 is 11.8 Å². The number of nitrogens with zero attached hydrogens (tertiary/aromatic N) is 3. The zero-order chi connectivity index (χ0) is 20.9. The molecule has 0 aliphatic heterocycles.